The van der Waals surface area contributed by atoms with Gasteiger partial charge in [-0.1, -0.05) is 6.07 Å². The van der Waals surface area contributed by atoms with Crippen LogP contribution in [-0.2, 0) is 4.74 Å². The van der Waals surface area contributed by atoms with Crippen LogP contribution >= 0.6 is 0 Å². The largest absolute Gasteiger partial charge is 0.497 e. The highest BCUT2D eigenvalue weighted by atomic mass is 16.5. The van der Waals surface area contributed by atoms with Crippen LogP contribution < -0.4 is 20.3 Å². The molecule has 2 aromatic carbocycles. The summed E-state index contributed by atoms with van der Waals surface area (Å²) in [6, 6.07) is 14.8. The van der Waals surface area contributed by atoms with Gasteiger partial charge in [0, 0.05) is 43.3 Å². The molecule has 0 spiro atoms. The smallest absolute Gasteiger partial charge is 0.323 e. The zero-order valence-electron chi connectivity index (χ0n) is 14.5. The van der Waals surface area contributed by atoms with Gasteiger partial charge in [-0.2, -0.15) is 0 Å². The number of amides is 2. The number of benzene rings is 2. The summed E-state index contributed by atoms with van der Waals surface area (Å²) in [5.74, 6) is 0.696. The summed E-state index contributed by atoms with van der Waals surface area (Å²) in [6.07, 6.45) is 1.34. The van der Waals surface area contributed by atoms with Crippen molar-refractivity contribution in [1.29, 1.82) is 0 Å². The minimum Gasteiger partial charge on any atom is -0.497 e. The highest BCUT2D eigenvalue weighted by molar-refractivity contribution is 5.99. The first-order valence-corrected chi connectivity index (χ1v) is 8.28. The Bertz CT molecular complexity index is 718. The van der Waals surface area contributed by atoms with E-state index in [0.717, 1.165) is 30.9 Å². The monoisotopic (exact) mass is 341 g/mol. The Morgan fingerprint density at radius 2 is 1.84 bits per heavy atom. The van der Waals surface area contributed by atoms with Gasteiger partial charge in [0.25, 0.3) is 0 Å². The van der Waals surface area contributed by atoms with Crippen molar-refractivity contribution in [3.63, 3.8) is 0 Å². The quantitative estimate of drug-likeness (QED) is 0.873. The number of carbonyl (C=O) groups is 1. The van der Waals surface area contributed by atoms with Crippen molar-refractivity contribution in [2.24, 2.45) is 0 Å². The highest BCUT2D eigenvalue weighted by Crippen LogP contribution is 2.23. The molecule has 2 amide bonds. The maximum absolute atomic E-state index is 12.1. The molecule has 0 bridgehead atoms. The van der Waals surface area contributed by atoms with Gasteiger partial charge in [0.05, 0.1) is 13.2 Å². The maximum Gasteiger partial charge on any atom is 0.323 e. The van der Waals surface area contributed by atoms with Crippen molar-refractivity contribution in [2.45, 2.75) is 12.5 Å². The number of methoxy groups -OCH3 is 2. The minimum absolute atomic E-state index is 0.290. The van der Waals surface area contributed by atoms with E-state index in [1.807, 2.05) is 42.5 Å². The lowest BCUT2D eigenvalue weighted by molar-refractivity contribution is 0.121. The summed E-state index contributed by atoms with van der Waals surface area (Å²) in [5.41, 5.74) is 2.56. The molecule has 25 heavy (non-hydrogen) atoms. The summed E-state index contributed by atoms with van der Waals surface area (Å²) >= 11 is 0. The predicted molar refractivity (Wildman–Crippen MR) is 99.7 cm³/mol. The number of carbonyl (C=O) groups excluding carboxylic acids is 1. The molecule has 6 nitrogen and oxygen atoms in total. The fourth-order valence-electron chi connectivity index (χ4n) is 2.90. The molecular weight excluding hydrogens is 318 g/mol. The lowest BCUT2D eigenvalue weighted by atomic mass is 10.2. The molecule has 1 atom stereocenters. The third kappa shape index (κ3) is 4.42. The molecule has 1 heterocycles. The lowest BCUT2D eigenvalue weighted by Crippen LogP contribution is -2.22. The second kappa shape index (κ2) is 7.90. The summed E-state index contributed by atoms with van der Waals surface area (Å²) in [4.78, 5) is 14.4. The van der Waals surface area contributed by atoms with Gasteiger partial charge in [-0.25, -0.2) is 4.79 Å². The Kier molecular flexibility index (Phi) is 5.40. The van der Waals surface area contributed by atoms with E-state index >= 15 is 0 Å². The molecule has 1 saturated heterocycles. The topological polar surface area (TPSA) is 62.8 Å². The zero-order chi connectivity index (χ0) is 17.6. The fraction of sp³-hybridized carbons (Fsp3) is 0.316. The normalized spacial score (nSPS) is 16.6. The number of ether oxygens (including phenoxy) is 2. The molecule has 1 aliphatic rings. The maximum atomic E-state index is 12.1. The number of hydrogen-bond acceptors (Lipinski definition) is 4. The van der Waals surface area contributed by atoms with E-state index in [-0.39, 0.29) is 6.03 Å². The number of hydrogen-bond donors (Lipinski definition) is 2. The Labute approximate surface area is 147 Å². The number of anilines is 3. The van der Waals surface area contributed by atoms with Gasteiger partial charge in [0.2, 0.25) is 0 Å². The van der Waals surface area contributed by atoms with Crippen LogP contribution in [0.5, 0.6) is 5.75 Å². The van der Waals surface area contributed by atoms with Crippen molar-refractivity contribution in [1.82, 2.24) is 0 Å². The van der Waals surface area contributed by atoms with Gasteiger partial charge < -0.3 is 25.0 Å². The average Bonchev–Trinajstić information content (AvgIpc) is 3.11. The minimum atomic E-state index is -0.290. The van der Waals surface area contributed by atoms with Crippen LogP contribution in [0.1, 0.15) is 6.42 Å². The van der Waals surface area contributed by atoms with Gasteiger partial charge in [0.1, 0.15) is 5.75 Å². The molecular formula is C19H23N3O3. The van der Waals surface area contributed by atoms with E-state index in [1.165, 1.54) is 0 Å². The summed E-state index contributed by atoms with van der Waals surface area (Å²) < 4.78 is 10.5. The van der Waals surface area contributed by atoms with Gasteiger partial charge >= 0.3 is 6.03 Å². The Balaban J connectivity index is 1.56. The second-order valence-corrected chi connectivity index (χ2v) is 5.95. The van der Waals surface area contributed by atoms with Crippen LogP contribution in [-0.4, -0.2) is 39.4 Å². The van der Waals surface area contributed by atoms with E-state index < -0.39 is 0 Å². The van der Waals surface area contributed by atoms with E-state index in [9.17, 15) is 4.79 Å². The summed E-state index contributed by atoms with van der Waals surface area (Å²) in [6.45, 7) is 1.89. The van der Waals surface area contributed by atoms with Crippen LogP contribution in [0.25, 0.3) is 0 Å². The van der Waals surface area contributed by atoms with Crippen LogP contribution in [0.15, 0.2) is 48.5 Å². The molecule has 0 aromatic heterocycles. The molecule has 6 heteroatoms. The van der Waals surface area contributed by atoms with E-state index in [2.05, 4.69) is 15.5 Å². The summed E-state index contributed by atoms with van der Waals surface area (Å²) in [7, 11) is 3.35. The standard InChI is InChI=1S/C19H23N3O3/c1-24-17-5-3-4-15(12-17)21-19(23)20-14-6-8-16(9-7-14)22-11-10-18(13-22)25-2/h3-9,12,18H,10-11,13H2,1-2H3,(H2,20,21,23)/t18-/m0/s1. The second-order valence-electron chi connectivity index (χ2n) is 5.95. The number of nitrogens with one attached hydrogen (secondary N) is 2. The number of rotatable bonds is 5. The molecule has 132 valence electrons. The van der Waals surface area contributed by atoms with Crippen LogP contribution in [0.4, 0.5) is 21.9 Å². The predicted octanol–water partition coefficient (Wildman–Crippen LogP) is 3.56. The molecule has 1 aliphatic heterocycles. The van der Waals surface area contributed by atoms with Gasteiger partial charge in [-0.15, -0.1) is 0 Å². The first-order valence-electron chi connectivity index (χ1n) is 8.28. The average molecular weight is 341 g/mol. The SMILES string of the molecule is COc1cccc(NC(=O)Nc2ccc(N3CC[C@H](OC)C3)cc2)c1. The van der Waals surface area contributed by atoms with Crippen LogP contribution in [0.2, 0.25) is 0 Å². The van der Waals surface area contributed by atoms with Crippen molar-refractivity contribution < 1.29 is 14.3 Å². The third-order valence-corrected chi connectivity index (χ3v) is 4.30. The first-order chi connectivity index (χ1) is 12.2. The highest BCUT2D eigenvalue weighted by Gasteiger charge is 2.22. The van der Waals surface area contributed by atoms with E-state index in [1.54, 1.807) is 20.3 Å². The van der Waals surface area contributed by atoms with Crippen molar-refractivity contribution in [3.05, 3.63) is 48.5 Å². The molecule has 3 rings (SSSR count). The molecule has 0 saturated carbocycles. The van der Waals surface area contributed by atoms with E-state index in [4.69, 9.17) is 9.47 Å². The number of urea groups is 1. The summed E-state index contributed by atoms with van der Waals surface area (Å²) in [5, 5.41) is 5.62. The molecule has 0 aliphatic carbocycles. The third-order valence-electron chi connectivity index (χ3n) is 4.30. The first kappa shape index (κ1) is 17.1. The molecule has 2 N–H and O–H groups in total. The van der Waals surface area contributed by atoms with Crippen molar-refractivity contribution in [3.8, 4) is 5.75 Å². The van der Waals surface area contributed by atoms with Crippen molar-refractivity contribution >= 4 is 23.1 Å². The Morgan fingerprint density at radius 1 is 1.08 bits per heavy atom. The zero-order valence-corrected chi connectivity index (χ0v) is 14.5. The number of nitrogens with zero attached hydrogens (tertiary/aromatic N) is 1. The molecule has 2 aromatic rings. The molecule has 0 radical (unpaired) electrons. The molecule has 0 unspecified atom stereocenters. The van der Waals surface area contributed by atoms with E-state index in [0.29, 0.717) is 17.5 Å². The molecule has 1 fully saturated rings. The van der Waals surface area contributed by atoms with Gasteiger partial charge in [-0.05, 0) is 42.8 Å². The van der Waals surface area contributed by atoms with Crippen molar-refractivity contribution in [2.75, 3.05) is 42.8 Å². The Morgan fingerprint density at radius 3 is 2.52 bits per heavy atom. The lowest BCUT2D eigenvalue weighted by Gasteiger charge is -2.18. The van der Waals surface area contributed by atoms with Gasteiger partial charge in [0.15, 0.2) is 0 Å². The van der Waals surface area contributed by atoms with Gasteiger partial charge in [-0.3, -0.25) is 0 Å². The van der Waals surface area contributed by atoms with Crippen LogP contribution in [0, 0.1) is 0 Å². The van der Waals surface area contributed by atoms with Crippen LogP contribution in [0.3, 0.4) is 0 Å². The fourth-order valence-corrected chi connectivity index (χ4v) is 2.90. The Hall–Kier alpha value is -2.73.